The minimum Gasteiger partial charge on any atom is -0.363 e. The summed E-state index contributed by atoms with van der Waals surface area (Å²) in [6, 6.07) is -0.468. The smallest absolute Gasteiger partial charge is 0.363 e. The monoisotopic (exact) mass is 299 g/mol. The Kier molecular flexibility index (Phi) is 3.18. The SMILES string of the molecule is CCn1cc(C2CC(C(F)(F)F)n3nccc3N2)c(C)n1. The molecule has 0 saturated carbocycles. The third-order valence-corrected chi connectivity index (χ3v) is 3.81. The van der Waals surface area contributed by atoms with Gasteiger partial charge in [-0.25, -0.2) is 4.68 Å². The molecule has 1 N–H and O–H groups in total. The maximum absolute atomic E-state index is 13.2. The van der Waals surface area contributed by atoms with Crippen molar-refractivity contribution in [3.8, 4) is 0 Å². The van der Waals surface area contributed by atoms with Gasteiger partial charge in [-0.15, -0.1) is 0 Å². The number of anilines is 1. The van der Waals surface area contributed by atoms with Crippen LogP contribution in [0.5, 0.6) is 0 Å². The van der Waals surface area contributed by atoms with Gasteiger partial charge in [0.05, 0.1) is 17.9 Å². The number of aromatic nitrogens is 4. The van der Waals surface area contributed by atoms with Gasteiger partial charge in [0, 0.05) is 30.8 Å². The van der Waals surface area contributed by atoms with Crippen molar-refractivity contribution in [3.05, 3.63) is 29.7 Å². The summed E-state index contributed by atoms with van der Waals surface area (Å²) in [5.41, 5.74) is 1.56. The lowest BCUT2D eigenvalue weighted by atomic mass is 9.97. The van der Waals surface area contributed by atoms with E-state index in [1.165, 1.54) is 6.20 Å². The molecule has 3 rings (SSSR count). The van der Waals surface area contributed by atoms with E-state index in [-0.39, 0.29) is 6.42 Å². The number of hydrogen-bond donors (Lipinski definition) is 1. The minimum absolute atomic E-state index is 0.0889. The van der Waals surface area contributed by atoms with Gasteiger partial charge in [-0.2, -0.15) is 23.4 Å². The Morgan fingerprint density at radius 2 is 2.19 bits per heavy atom. The highest BCUT2D eigenvalue weighted by Gasteiger charge is 2.46. The molecule has 1 aliphatic rings. The first-order valence-corrected chi connectivity index (χ1v) is 6.81. The number of nitrogens with one attached hydrogen (secondary N) is 1. The normalized spacial score (nSPS) is 22.0. The van der Waals surface area contributed by atoms with Gasteiger partial charge < -0.3 is 5.32 Å². The van der Waals surface area contributed by atoms with Crippen molar-refractivity contribution in [2.45, 2.75) is 45.1 Å². The summed E-state index contributed by atoms with van der Waals surface area (Å²) in [5.74, 6) is 0.386. The topological polar surface area (TPSA) is 47.7 Å². The second-order valence-corrected chi connectivity index (χ2v) is 5.18. The van der Waals surface area contributed by atoms with Crippen LogP contribution in [-0.2, 0) is 6.54 Å². The molecule has 8 heteroatoms. The molecule has 1 aliphatic heterocycles. The van der Waals surface area contributed by atoms with Crippen molar-refractivity contribution in [2.24, 2.45) is 0 Å². The number of nitrogens with zero attached hydrogens (tertiary/aromatic N) is 4. The van der Waals surface area contributed by atoms with E-state index in [4.69, 9.17) is 0 Å². The predicted molar refractivity (Wildman–Crippen MR) is 70.9 cm³/mol. The molecule has 0 spiro atoms. The summed E-state index contributed by atoms with van der Waals surface area (Å²) in [7, 11) is 0. The van der Waals surface area contributed by atoms with E-state index in [0.717, 1.165) is 15.9 Å². The summed E-state index contributed by atoms with van der Waals surface area (Å²) in [6.45, 7) is 4.45. The van der Waals surface area contributed by atoms with E-state index in [1.807, 2.05) is 20.0 Å². The predicted octanol–water partition coefficient (Wildman–Crippen LogP) is 3.07. The average molecular weight is 299 g/mol. The first-order chi connectivity index (χ1) is 9.90. The zero-order valence-electron chi connectivity index (χ0n) is 11.7. The summed E-state index contributed by atoms with van der Waals surface area (Å²) in [6.07, 6.45) is -1.22. The lowest BCUT2D eigenvalue weighted by Crippen LogP contribution is -2.35. The first kappa shape index (κ1) is 14.0. The third kappa shape index (κ3) is 2.38. The maximum Gasteiger partial charge on any atom is 0.410 e. The van der Waals surface area contributed by atoms with E-state index in [0.29, 0.717) is 12.4 Å². The number of alkyl halides is 3. The quantitative estimate of drug-likeness (QED) is 0.927. The second kappa shape index (κ2) is 4.78. The van der Waals surface area contributed by atoms with Crippen LogP contribution in [0.15, 0.2) is 18.5 Å². The Labute approximate surface area is 119 Å². The van der Waals surface area contributed by atoms with Crippen LogP contribution in [0.25, 0.3) is 0 Å². The summed E-state index contributed by atoms with van der Waals surface area (Å²) < 4.78 is 42.5. The van der Waals surface area contributed by atoms with Crippen molar-refractivity contribution in [1.82, 2.24) is 19.6 Å². The van der Waals surface area contributed by atoms with Gasteiger partial charge in [-0.05, 0) is 13.8 Å². The molecule has 0 bridgehead atoms. The average Bonchev–Trinajstić information content (AvgIpc) is 3.01. The molecular formula is C13H16F3N5. The van der Waals surface area contributed by atoms with Crippen LogP contribution in [0.3, 0.4) is 0 Å². The molecule has 3 heterocycles. The minimum atomic E-state index is -4.32. The van der Waals surface area contributed by atoms with Gasteiger partial charge in [-0.1, -0.05) is 0 Å². The van der Waals surface area contributed by atoms with Crippen molar-refractivity contribution in [1.29, 1.82) is 0 Å². The molecule has 0 aromatic carbocycles. The van der Waals surface area contributed by atoms with Gasteiger partial charge in [0.25, 0.3) is 0 Å². The number of halogens is 3. The molecule has 0 saturated heterocycles. The maximum atomic E-state index is 13.2. The zero-order chi connectivity index (χ0) is 15.2. The second-order valence-electron chi connectivity index (χ2n) is 5.18. The van der Waals surface area contributed by atoms with Crippen molar-refractivity contribution >= 4 is 5.82 Å². The van der Waals surface area contributed by atoms with Crippen molar-refractivity contribution < 1.29 is 13.2 Å². The summed E-state index contributed by atoms with van der Waals surface area (Å²) in [4.78, 5) is 0. The van der Waals surface area contributed by atoms with E-state index in [1.54, 1.807) is 10.7 Å². The fourth-order valence-electron chi connectivity index (χ4n) is 2.75. The standard InChI is InChI=1S/C13H16F3N5/c1-3-20-7-9(8(2)19-20)10-6-11(13(14,15)16)21-12(18-10)4-5-17-21/h4-5,7,10-11,18H,3,6H2,1-2H3. The molecular weight excluding hydrogens is 283 g/mol. The number of fused-ring (bicyclic) bond motifs is 1. The largest absolute Gasteiger partial charge is 0.410 e. The number of rotatable bonds is 2. The Morgan fingerprint density at radius 1 is 1.43 bits per heavy atom. The molecule has 0 radical (unpaired) electrons. The molecule has 0 amide bonds. The van der Waals surface area contributed by atoms with Gasteiger partial charge in [-0.3, -0.25) is 4.68 Å². The molecule has 2 unspecified atom stereocenters. The van der Waals surface area contributed by atoms with E-state index < -0.39 is 18.3 Å². The number of aryl methyl sites for hydroxylation is 2. The van der Waals surface area contributed by atoms with Crippen LogP contribution >= 0.6 is 0 Å². The molecule has 2 aromatic heterocycles. The molecule has 2 atom stereocenters. The highest BCUT2D eigenvalue weighted by molar-refractivity contribution is 5.42. The zero-order valence-corrected chi connectivity index (χ0v) is 11.7. The Bertz CT molecular complexity index is 643. The fraction of sp³-hybridized carbons (Fsp3) is 0.538. The van der Waals surface area contributed by atoms with Crippen molar-refractivity contribution in [2.75, 3.05) is 5.32 Å². The van der Waals surface area contributed by atoms with E-state index >= 15 is 0 Å². The van der Waals surface area contributed by atoms with E-state index in [9.17, 15) is 13.2 Å². The van der Waals surface area contributed by atoms with Crippen LogP contribution in [0.1, 0.15) is 36.7 Å². The van der Waals surface area contributed by atoms with Crippen LogP contribution in [0.2, 0.25) is 0 Å². The lowest BCUT2D eigenvalue weighted by molar-refractivity contribution is -0.173. The van der Waals surface area contributed by atoms with Gasteiger partial charge in [0.2, 0.25) is 0 Å². The van der Waals surface area contributed by atoms with Crippen LogP contribution in [-0.4, -0.2) is 25.7 Å². The molecule has 0 aliphatic carbocycles. The fourth-order valence-corrected chi connectivity index (χ4v) is 2.75. The molecule has 2 aromatic rings. The van der Waals surface area contributed by atoms with Crippen LogP contribution < -0.4 is 5.32 Å². The highest BCUT2D eigenvalue weighted by Crippen LogP contribution is 2.43. The van der Waals surface area contributed by atoms with Crippen LogP contribution in [0.4, 0.5) is 19.0 Å². The van der Waals surface area contributed by atoms with Gasteiger partial charge in [0.15, 0.2) is 6.04 Å². The molecule has 21 heavy (non-hydrogen) atoms. The Balaban J connectivity index is 1.98. The van der Waals surface area contributed by atoms with Gasteiger partial charge >= 0.3 is 6.18 Å². The Morgan fingerprint density at radius 3 is 2.81 bits per heavy atom. The van der Waals surface area contributed by atoms with E-state index in [2.05, 4.69) is 15.5 Å². The van der Waals surface area contributed by atoms with Gasteiger partial charge in [0.1, 0.15) is 5.82 Å². The molecule has 0 fully saturated rings. The summed E-state index contributed by atoms with van der Waals surface area (Å²) >= 11 is 0. The Hall–Kier alpha value is -1.99. The highest BCUT2D eigenvalue weighted by atomic mass is 19.4. The third-order valence-electron chi connectivity index (χ3n) is 3.81. The first-order valence-electron chi connectivity index (χ1n) is 6.81. The summed E-state index contributed by atoms with van der Waals surface area (Å²) in [5, 5.41) is 11.2. The van der Waals surface area contributed by atoms with Crippen LogP contribution in [0, 0.1) is 6.92 Å². The van der Waals surface area contributed by atoms with Crippen molar-refractivity contribution in [3.63, 3.8) is 0 Å². The molecule has 5 nitrogen and oxygen atoms in total. The molecule has 114 valence electrons. The lowest BCUT2D eigenvalue weighted by Gasteiger charge is -2.33. The number of hydrogen-bond acceptors (Lipinski definition) is 3.